The van der Waals surface area contributed by atoms with E-state index in [1.54, 1.807) is 12.4 Å². The molecule has 0 spiro atoms. The van der Waals surface area contributed by atoms with Gasteiger partial charge in [0.1, 0.15) is 6.33 Å². The molecule has 3 aromatic rings. The van der Waals surface area contributed by atoms with Gasteiger partial charge in [0.2, 0.25) is 0 Å². The first-order chi connectivity index (χ1) is 9.66. The lowest BCUT2D eigenvalue weighted by Crippen LogP contribution is -2.01. The molecule has 0 bridgehead atoms. The highest BCUT2D eigenvalue weighted by atomic mass is 32.2. The number of rotatable bonds is 3. The highest BCUT2D eigenvalue weighted by molar-refractivity contribution is 7.77. The van der Waals surface area contributed by atoms with Crippen LogP contribution in [0.3, 0.4) is 0 Å². The smallest absolute Gasteiger partial charge is 0.266 e. The number of pyridine rings is 1. The number of aromatic nitrogens is 3. The Balaban J connectivity index is 2.07. The molecule has 20 heavy (non-hydrogen) atoms. The van der Waals surface area contributed by atoms with Crippen LogP contribution in [-0.2, 0) is 11.3 Å². The Morgan fingerprint density at radius 2 is 2.05 bits per heavy atom. The summed E-state index contributed by atoms with van der Waals surface area (Å²) in [6.45, 7) is 1.99. The monoisotopic (exact) mass is 287 g/mol. The van der Waals surface area contributed by atoms with Crippen molar-refractivity contribution in [1.29, 1.82) is 0 Å². The van der Waals surface area contributed by atoms with E-state index in [-0.39, 0.29) is 5.92 Å². The standard InChI is InChI=1S/C14H13N3O2S/c1-10(13-8-17(9-16-13)20(18)19)14-12-5-3-2-4-11(12)6-7-15-14/h2-10H,1H3,(H,18,19). The van der Waals surface area contributed by atoms with Crippen LogP contribution in [0, 0.1) is 0 Å². The van der Waals surface area contributed by atoms with E-state index < -0.39 is 11.3 Å². The van der Waals surface area contributed by atoms with Gasteiger partial charge in [-0.15, -0.1) is 0 Å². The van der Waals surface area contributed by atoms with E-state index in [0.29, 0.717) is 0 Å². The van der Waals surface area contributed by atoms with Crippen molar-refractivity contribution in [3.63, 3.8) is 0 Å². The zero-order valence-electron chi connectivity index (χ0n) is 10.8. The average Bonchev–Trinajstić information content (AvgIpc) is 2.96. The summed E-state index contributed by atoms with van der Waals surface area (Å²) >= 11 is -2.07. The van der Waals surface area contributed by atoms with Gasteiger partial charge >= 0.3 is 0 Å². The molecule has 0 saturated carbocycles. The highest BCUT2D eigenvalue weighted by Crippen LogP contribution is 2.27. The minimum Gasteiger partial charge on any atom is -0.289 e. The number of hydrogen-bond acceptors (Lipinski definition) is 3. The third kappa shape index (κ3) is 2.23. The van der Waals surface area contributed by atoms with Gasteiger partial charge in [0.15, 0.2) is 0 Å². The third-order valence-electron chi connectivity index (χ3n) is 3.32. The summed E-state index contributed by atoms with van der Waals surface area (Å²) in [5, 5.41) is 2.19. The van der Waals surface area contributed by atoms with Crippen LogP contribution >= 0.6 is 0 Å². The Morgan fingerprint density at radius 3 is 2.80 bits per heavy atom. The van der Waals surface area contributed by atoms with Crippen LogP contribution in [0.25, 0.3) is 10.8 Å². The molecule has 0 fully saturated rings. The molecule has 2 aromatic heterocycles. The molecule has 0 aliphatic rings. The zero-order chi connectivity index (χ0) is 14.1. The molecule has 0 radical (unpaired) electrons. The maximum Gasteiger partial charge on any atom is 0.266 e. The molecule has 0 amide bonds. The number of nitrogens with zero attached hydrogens (tertiary/aromatic N) is 3. The van der Waals surface area contributed by atoms with Gasteiger partial charge in [0.05, 0.1) is 11.4 Å². The molecule has 6 heteroatoms. The largest absolute Gasteiger partial charge is 0.289 e. The van der Waals surface area contributed by atoms with Crippen LogP contribution in [-0.4, -0.2) is 22.7 Å². The van der Waals surface area contributed by atoms with Gasteiger partial charge in [-0.05, 0) is 11.5 Å². The maximum atomic E-state index is 11.0. The molecule has 5 nitrogen and oxygen atoms in total. The van der Waals surface area contributed by atoms with Crippen LogP contribution in [0.1, 0.15) is 24.2 Å². The van der Waals surface area contributed by atoms with Crippen molar-refractivity contribution in [3.05, 3.63) is 60.4 Å². The Labute approximate surface area is 118 Å². The van der Waals surface area contributed by atoms with Gasteiger partial charge in [-0.25, -0.2) is 13.2 Å². The van der Waals surface area contributed by atoms with Crippen molar-refractivity contribution >= 4 is 22.0 Å². The van der Waals surface area contributed by atoms with Crippen LogP contribution < -0.4 is 0 Å². The Bertz CT molecular complexity index is 779. The van der Waals surface area contributed by atoms with Crippen LogP contribution in [0.5, 0.6) is 0 Å². The number of hydrogen-bond donors (Lipinski definition) is 1. The van der Waals surface area contributed by atoms with E-state index in [1.807, 2.05) is 37.3 Å². The first kappa shape index (κ1) is 13.0. The first-order valence-corrected chi connectivity index (χ1v) is 7.22. The van der Waals surface area contributed by atoms with Gasteiger partial charge in [0, 0.05) is 23.7 Å². The number of fused-ring (bicyclic) bond motifs is 1. The molecule has 102 valence electrons. The van der Waals surface area contributed by atoms with Gasteiger partial charge in [-0.3, -0.25) is 9.54 Å². The summed E-state index contributed by atoms with van der Waals surface area (Å²) in [7, 11) is 0. The average molecular weight is 287 g/mol. The molecule has 2 heterocycles. The summed E-state index contributed by atoms with van der Waals surface area (Å²) in [5.41, 5.74) is 1.63. The van der Waals surface area contributed by atoms with E-state index in [1.165, 1.54) is 6.33 Å². The molecule has 0 aliphatic heterocycles. The fraction of sp³-hybridized carbons (Fsp3) is 0.143. The second-order valence-electron chi connectivity index (χ2n) is 4.53. The summed E-state index contributed by atoms with van der Waals surface area (Å²) in [6.07, 6.45) is 4.70. The summed E-state index contributed by atoms with van der Waals surface area (Å²) in [5.74, 6) is -0.0501. The van der Waals surface area contributed by atoms with Gasteiger partial charge in [-0.2, -0.15) is 0 Å². The highest BCUT2D eigenvalue weighted by Gasteiger charge is 2.16. The fourth-order valence-electron chi connectivity index (χ4n) is 2.26. The molecule has 0 aliphatic carbocycles. The second-order valence-corrected chi connectivity index (χ2v) is 5.41. The Kier molecular flexibility index (Phi) is 3.33. The molecule has 1 N–H and O–H groups in total. The molecular weight excluding hydrogens is 274 g/mol. The fourth-order valence-corrected chi connectivity index (χ4v) is 2.58. The topological polar surface area (TPSA) is 68.0 Å². The molecule has 1 aromatic carbocycles. The van der Waals surface area contributed by atoms with Crippen molar-refractivity contribution in [3.8, 4) is 0 Å². The van der Waals surface area contributed by atoms with E-state index in [9.17, 15) is 4.21 Å². The van der Waals surface area contributed by atoms with Gasteiger partial charge in [-0.1, -0.05) is 31.2 Å². The van der Waals surface area contributed by atoms with Crippen molar-refractivity contribution in [2.75, 3.05) is 0 Å². The van der Waals surface area contributed by atoms with Crippen LogP contribution in [0.2, 0.25) is 0 Å². The predicted octanol–water partition coefficient (Wildman–Crippen LogP) is 2.57. The lowest BCUT2D eigenvalue weighted by molar-refractivity contribution is 0.554. The first-order valence-electron chi connectivity index (χ1n) is 6.15. The lowest BCUT2D eigenvalue weighted by Gasteiger charge is -2.11. The minimum atomic E-state index is -2.07. The lowest BCUT2D eigenvalue weighted by atomic mass is 9.98. The number of imidazole rings is 1. The quantitative estimate of drug-likeness (QED) is 0.752. The zero-order valence-corrected chi connectivity index (χ0v) is 11.6. The third-order valence-corrected chi connectivity index (χ3v) is 3.88. The Hall–Kier alpha value is -2.05. The van der Waals surface area contributed by atoms with Gasteiger partial charge in [0.25, 0.3) is 11.3 Å². The van der Waals surface area contributed by atoms with Crippen molar-refractivity contribution in [2.24, 2.45) is 0 Å². The van der Waals surface area contributed by atoms with Crippen molar-refractivity contribution in [1.82, 2.24) is 13.9 Å². The van der Waals surface area contributed by atoms with Crippen molar-refractivity contribution in [2.45, 2.75) is 12.8 Å². The molecular formula is C14H13N3O2S. The van der Waals surface area contributed by atoms with Crippen LogP contribution in [0.15, 0.2) is 49.1 Å². The van der Waals surface area contributed by atoms with E-state index in [4.69, 9.17) is 4.55 Å². The number of benzene rings is 1. The molecule has 3 rings (SSSR count). The Morgan fingerprint density at radius 1 is 1.25 bits per heavy atom. The van der Waals surface area contributed by atoms with E-state index in [2.05, 4.69) is 9.97 Å². The van der Waals surface area contributed by atoms with E-state index in [0.717, 1.165) is 26.1 Å². The normalized spacial score (nSPS) is 14.3. The van der Waals surface area contributed by atoms with E-state index >= 15 is 0 Å². The predicted molar refractivity (Wildman–Crippen MR) is 77.7 cm³/mol. The minimum absolute atomic E-state index is 0.0501. The molecule has 2 unspecified atom stereocenters. The summed E-state index contributed by atoms with van der Waals surface area (Å²) < 4.78 is 21.2. The summed E-state index contributed by atoms with van der Waals surface area (Å²) in [6, 6.07) is 9.99. The van der Waals surface area contributed by atoms with Crippen LogP contribution in [0.4, 0.5) is 0 Å². The van der Waals surface area contributed by atoms with Gasteiger partial charge < -0.3 is 0 Å². The van der Waals surface area contributed by atoms with Crippen molar-refractivity contribution < 1.29 is 8.76 Å². The maximum absolute atomic E-state index is 11.0. The molecule has 0 saturated heterocycles. The molecule has 2 atom stereocenters. The SMILES string of the molecule is CC(c1cn(S(=O)O)cn1)c1nccc2ccccc12. The second kappa shape index (κ2) is 5.15. The summed E-state index contributed by atoms with van der Waals surface area (Å²) in [4.78, 5) is 8.64.